The summed E-state index contributed by atoms with van der Waals surface area (Å²) < 4.78 is 5.99. The molecule has 0 aliphatic heterocycles. The van der Waals surface area contributed by atoms with Crippen molar-refractivity contribution in [3.63, 3.8) is 0 Å². The van der Waals surface area contributed by atoms with Crippen LogP contribution in [0, 0.1) is 0 Å². The lowest BCUT2D eigenvalue weighted by Crippen LogP contribution is -2.36. The van der Waals surface area contributed by atoms with E-state index < -0.39 is 0 Å². The summed E-state index contributed by atoms with van der Waals surface area (Å²) in [6.45, 7) is 0. The van der Waals surface area contributed by atoms with Crippen LogP contribution in [0.3, 0.4) is 0 Å². The van der Waals surface area contributed by atoms with Crippen LogP contribution in [0.5, 0.6) is 0 Å². The van der Waals surface area contributed by atoms with Crippen LogP contribution in [0.2, 0.25) is 0 Å². The quantitative estimate of drug-likeness (QED) is 0.739. The topological polar surface area (TPSA) is 29.5 Å². The summed E-state index contributed by atoms with van der Waals surface area (Å²) in [5, 5.41) is 9.77. The lowest BCUT2D eigenvalue weighted by Gasteiger charge is -2.33. The molecule has 0 radical (unpaired) electrons. The Morgan fingerprint density at radius 2 is 1.43 bits per heavy atom. The second-order valence-electron chi connectivity index (χ2n) is 4.79. The van der Waals surface area contributed by atoms with Crippen molar-refractivity contribution in [2.24, 2.45) is 0 Å². The van der Waals surface area contributed by atoms with Crippen LogP contribution in [0.1, 0.15) is 57.8 Å². The van der Waals surface area contributed by atoms with Gasteiger partial charge in [0.25, 0.3) is 0 Å². The fourth-order valence-electron chi connectivity index (χ4n) is 2.68. The van der Waals surface area contributed by atoms with Gasteiger partial charge >= 0.3 is 0 Å². The predicted octanol–water partition coefficient (Wildman–Crippen LogP) is 2.64. The van der Waals surface area contributed by atoms with E-state index in [1.807, 2.05) is 0 Å². The van der Waals surface area contributed by atoms with Crippen molar-refractivity contribution in [1.29, 1.82) is 0 Å². The Morgan fingerprint density at radius 1 is 0.786 bits per heavy atom. The highest BCUT2D eigenvalue weighted by atomic mass is 16.5. The van der Waals surface area contributed by atoms with Crippen molar-refractivity contribution in [3.8, 4) is 0 Å². The first-order valence-corrected chi connectivity index (χ1v) is 6.20. The Bertz CT molecular complexity index is 164. The van der Waals surface area contributed by atoms with Crippen molar-refractivity contribution in [3.05, 3.63) is 0 Å². The van der Waals surface area contributed by atoms with E-state index in [-0.39, 0.29) is 12.2 Å². The summed E-state index contributed by atoms with van der Waals surface area (Å²) in [5.41, 5.74) is 0. The van der Waals surface area contributed by atoms with Crippen LogP contribution in [0.15, 0.2) is 0 Å². The van der Waals surface area contributed by atoms with Gasteiger partial charge < -0.3 is 9.84 Å². The molecule has 2 fully saturated rings. The molecule has 0 saturated heterocycles. The number of aliphatic hydroxyl groups is 1. The molecule has 0 aromatic heterocycles. The van der Waals surface area contributed by atoms with E-state index in [0.29, 0.717) is 6.10 Å². The Hall–Kier alpha value is -0.0800. The van der Waals surface area contributed by atoms with Crippen molar-refractivity contribution < 1.29 is 9.84 Å². The van der Waals surface area contributed by atoms with Crippen molar-refractivity contribution in [1.82, 2.24) is 0 Å². The largest absolute Gasteiger partial charge is 0.390 e. The van der Waals surface area contributed by atoms with Gasteiger partial charge in [0.1, 0.15) is 0 Å². The Labute approximate surface area is 86.6 Å². The molecule has 82 valence electrons. The van der Waals surface area contributed by atoms with Crippen molar-refractivity contribution >= 4 is 0 Å². The zero-order valence-corrected chi connectivity index (χ0v) is 8.95. The van der Waals surface area contributed by atoms with Gasteiger partial charge in [-0.1, -0.05) is 32.1 Å². The Morgan fingerprint density at radius 3 is 2.14 bits per heavy atom. The molecule has 2 atom stereocenters. The van der Waals surface area contributed by atoms with Gasteiger partial charge in [-0.05, 0) is 25.7 Å². The minimum absolute atomic E-state index is 0.145. The van der Waals surface area contributed by atoms with Gasteiger partial charge in [0.05, 0.1) is 18.3 Å². The first-order valence-electron chi connectivity index (χ1n) is 6.20. The van der Waals surface area contributed by atoms with Crippen LogP contribution in [-0.4, -0.2) is 23.4 Å². The second-order valence-corrected chi connectivity index (χ2v) is 4.79. The monoisotopic (exact) mass is 198 g/mol. The van der Waals surface area contributed by atoms with E-state index in [0.717, 1.165) is 12.8 Å². The van der Waals surface area contributed by atoms with E-state index in [9.17, 15) is 5.11 Å². The molecule has 0 spiro atoms. The molecule has 0 heterocycles. The molecule has 2 nitrogen and oxygen atoms in total. The van der Waals surface area contributed by atoms with Crippen LogP contribution >= 0.6 is 0 Å². The standard InChI is InChI=1S/C12H22O2/c13-11-8-4-5-9-12(11)14-10-6-2-1-3-7-10/h10-13H,1-9H2/t11-,12-/m1/s1. The van der Waals surface area contributed by atoms with E-state index in [4.69, 9.17) is 4.74 Å². The van der Waals surface area contributed by atoms with Crippen molar-refractivity contribution in [2.75, 3.05) is 0 Å². The average Bonchev–Trinajstić information content (AvgIpc) is 2.23. The van der Waals surface area contributed by atoms with Gasteiger partial charge in [0, 0.05) is 0 Å². The minimum Gasteiger partial charge on any atom is -0.390 e. The highest BCUT2D eigenvalue weighted by Gasteiger charge is 2.27. The molecule has 2 aliphatic rings. The number of hydrogen-bond donors (Lipinski definition) is 1. The summed E-state index contributed by atoms with van der Waals surface area (Å²) in [4.78, 5) is 0. The third kappa shape index (κ3) is 2.71. The molecule has 0 unspecified atom stereocenters. The third-order valence-electron chi connectivity index (χ3n) is 3.59. The highest BCUT2D eigenvalue weighted by Crippen LogP contribution is 2.27. The number of hydrogen-bond acceptors (Lipinski definition) is 2. The van der Waals surface area contributed by atoms with Gasteiger partial charge in [-0.2, -0.15) is 0 Å². The van der Waals surface area contributed by atoms with Gasteiger partial charge in [-0.15, -0.1) is 0 Å². The molecule has 1 N–H and O–H groups in total. The molecule has 0 bridgehead atoms. The predicted molar refractivity (Wildman–Crippen MR) is 56.2 cm³/mol. The molecule has 2 rings (SSSR count). The number of ether oxygens (including phenoxy) is 1. The molecule has 2 heteroatoms. The highest BCUT2D eigenvalue weighted by molar-refractivity contribution is 4.77. The van der Waals surface area contributed by atoms with E-state index in [1.54, 1.807) is 0 Å². The summed E-state index contributed by atoms with van der Waals surface area (Å²) in [5.74, 6) is 0. The van der Waals surface area contributed by atoms with Gasteiger partial charge in [-0.3, -0.25) is 0 Å². The molecule has 2 saturated carbocycles. The smallest absolute Gasteiger partial charge is 0.0837 e. The maximum absolute atomic E-state index is 9.77. The molecular weight excluding hydrogens is 176 g/mol. The van der Waals surface area contributed by atoms with E-state index in [2.05, 4.69) is 0 Å². The van der Waals surface area contributed by atoms with Crippen molar-refractivity contribution in [2.45, 2.75) is 76.1 Å². The van der Waals surface area contributed by atoms with E-state index in [1.165, 1.54) is 44.9 Å². The Balaban J connectivity index is 1.76. The van der Waals surface area contributed by atoms with Gasteiger partial charge in [-0.25, -0.2) is 0 Å². The molecule has 0 amide bonds. The Kier molecular flexibility index (Phi) is 3.82. The van der Waals surface area contributed by atoms with Gasteiger partial charge in [0.15, 0.2) is 0 Å². The summed E-state index contributed by atoms with van der Waals surface area (Å²) in [7, 11) is 0. The lowest BCUT2D eigenvalue weighted by atomic mass is 9.93. The van der Waals surface area contributed by atoms with Gasteiger partial charge in [0.2, 0.25) is 0 Å². The lowest BCUT2D eigenvalue weighted by molar-refractivity contribution is -0.102. The fourth-order valence-corrected chi connectivity index (χ4v) is 2.68. The second kappa shape index (κ2) is 5.13. The first kappa shape index (κ1) is 10.4. The zero-order valence-electron chi connectivity index (χ0n) is 8.95. The molecule has 2 aliphatic carbocycles. The average molecular weight is 198 g/mol. The first-order chi connectivity index (χ1) is 6.86. The molecule has 14 heavy (non-hydrogen) atoms. The van der Waals surface area contributed by atoms with Crippen LogP contribution in [-0.2, 0) is 4.74 Å². The molecule has 0 aromatic rings. The normalized spacial score (nSPS) is 35.8. The summed E-state index contributed by atoms with van der Waals surface area (Å²) in [6, 6.07) is 0. The zero-order chi connectivity index (χ0) is 9.80. The maximum atomic E-state index is 9.77. The molecular formula is C12H22O2. The minimum atomic E-state index is -0.189. The third-order valence-corrected chi connectivity index (χ3v) is 3.59. The van der Waals surface area contributed by atoms with E-state index >= 15 is 0 Å². The molecule has 0 aromatic carbocycles. The SMILES string of the molecule is O[C@@H]1CCCC[C@H]1OC1CCCCC1. The number of rotatable bonds is 2. The summed E-state index contributed by atoms with van der Waals surface area (Å²) in [6.07, 6.45) is 11.2. The fraction of sp³-hybridized carbons (Fsp3) is 1.00. The number of aliphatic hydroxyl groups excluding tert-OH is 1. The maximum Gasteiger partial charge on any atom is 0.0837 e. The van der Waals surface area contributed by atoms with Crippen LogP contribution in [0.4, 0.5) is 0 Å². The van der Waals surface area contributed by atoms with Crippen LogP contribution in [0.25, 0.3) is 0 Å². The van der Waals surface area contributed by atoms with Crippen LogP contribution < -0.4 is 0 Å². The summed E-state index contributed by atoms with van der Waals surface area (Å²) >= 11 is 0.